The van der Waals surface area contributed by atoms with Gasteiger partial charge in [-0.25, -0.2) is 0 Å². The summed E-state index contributed by atoms with van der Waals surface area (Å²) in [6, 6.07) is 7.25. The number of nitrogens with zero attached hydrogens (tertiary/aromatic N) is 1. The summed E-state index contributed by atoms with van der Waals surface area (Å²) in [6.07, 6.45) is 0.795. The van der Waals surface area contributed by atoms with Crippen LogP contribution in [0.3, 0.4) is 0 Å². The smallest absolute Gasteiger partial charge is 0.254 e. The molecule has 0 spiro atoms. The van der Waals surface area contributed by atoms with E-state index in [4.69, 9.17) is 4.74 Å². The molecule has 110 valence electrons. The van der Waals surface area contributed by atoms with E-state index >= 15 is 0 Å². The lowest BCUT2D eigenvalue weighted by molar-refractivity contribution is 0.0766. The van der Waals surface area contributed by atoms with Crippen LogP contribution in [0, 0.1) is 0 Å². The van der Waals surface area contributed by atoms with Crippen LogP contribution in [-0.2, 0) is 10.8 Å². The molecule has 0 aromatic heterocycles. The van der Waals surface area contributed by atoms with Gasteiger partial charge in [0.2, 0.25) is 0 Å². The van der Waals surface area contributed by atoms with Crippen LogP contribution in [0.1, 0.15) is 30.6 Å². The van der Waals surface area contributed by atoms with E-state index in [1.54, 1.807) is 17.0 Å². The molecule has 2 rings (SSSR count). The molecule has 0 bridgehead atoms. The molecule has 1 aromatic rings. The van der Waals surface area contributed by atoms with Crippen molar-refractivity contribution in [2.45, 2.75) is 25.5 Å². The third kappa shape index (κ3) is 3.60. The highest BCUT2D eigenvalue weighted by molar-refractivity contribution is 7.85. The molecular weight excluding hydrogens is 274 g/mol. The van der Waals surface area contributed by atoms with Crippen LogP contribution >= 0.6 is 0 Å². The van der Waals surface area contributed by atoms with Crippen molar-refractivity contribution in [3.63, 3.8) is 0 Å². The largest absolute Gasteiger partial charge is 0.494 e. The zero-order chi connectivity index (χ0) is 14.5. The van der Waals surface area contributed by atoms with Gasteiger partial charge in [0.05, 0.1) is 6.61 Å². The Labute approximate surface area is 122 Å². The summed E-state index contributed by atoms with van der Waals surface area (Å²) in [5.41, 5.74) is 0.635. The first kappa shape index (κ1) is 15.0. The lowest BCUT2D eigenvalue weighted by Gasteiger charge is -2.20. The van der Waals surface area contributed by atoms with Crippen LogP contribution in [-0.4, -0.2) is 45.7 Å². The summed E-state index contributed by atoms with van der Waals surface area (Å²) in [4.78, 5) is 14.3. The first-order valence-corrected chi connectivity index (χ1v) is 8.39. The zero-order valence-electron chi connectivity index (χ0n) is 12.0. The minimum atomic E-state index is -0.822. The first-order valence-electron chi connectivity index (χ1n) is 7.01. The Kier molecular flexibility index (Phi) is 5.17. The quantitative estimate of drug-likeness (QED) is 0.857. The van der Waals surface area contributed by atoms with Gasteiger partial charge in [-0.1, -0.05) is 13.0 Å². The Morgan fingerprint density at radius 2 is 2.25 bits per heavy atom. The summed E-state index contributed by atoms with van der Waals surface area (Å²) < 4.78 is 17.2. The van der Waals surface area contributed by atoms with Crippen molar-refractivity contribution in [3.8, 4) is 5.75 Å². The highest BCUT2D eigenvalue weighted by Crippen LogP contribution is 2.17. The number of rotatable bonds is 3. The lowest BCUT2D eigenvalue weighted by atomic mass is 10.1. The molecule has 0 N–H and O–H groups in total. The van der Waals surface area contributed by atoms with Gasteiger partial charge < -0.3 is 9.64 Å². The molecular formula is C15H21NO3S. The molecule has 1 saturated heterocycles. The summed E-state index contributed by atoms with van der Waals surface area (Å²) in [5, 5.41) is 0.169. The van der Waals surface area contributed by atoms with Gasteiger partial charge in [-0.05, 0) is 31.5 Å². The number of benzene rings is 1. The van der Waals surface area contributed by atoms with Crippen LogP contribution in [0.2, 0.25) is 0 Å². The fourth-order valence-electron chi connectivity index (χ4n) is 2.25. The topological polar surface area (TPSA) is 46.6 Å². The SMILES string of the molecule is CCOc1cccc(C(=O)N2CC[C@H](C)[S@@](=O)CC2)c1. The predicted octanol–water partition coefficient (Wildman–Crippen LogP) is 2.07. The molecule has 0 unspecified atom stereocenters. The Morgan fingerprint density at radius 3 is 3.00 bits per heavy atom. The molecule has 1 fully saturated rings. The second kappa shape index (κ2) is 6.88. The first-order chi connectivity index (χ1) is 9.61. The van der Waals surface area contributed by atoms with Crippen molar-refractivity contribution in [2.24, 2.45) is 0 Å². The normalized spacial score (nSPS) is 23.2. The van der Waals surface area contributed by atoms with E-state index < -0.39 is 10.8 Å². The summed E-state index contributed by atoms with van der Waals surface area (Å²) in [5.74, 6) is 1.28. The third-order valence-corrected chi connectivity index (χ3v) is 5.21. The van der Waals surface area contributed by atoms with Gasteiger partial charge in [-0.3, -0.25) is 9.00 Å². The summed E-state index contributed by atoms with van der Waals surface area (Å²) >= 11 is 0. The molecule has 1 amide bonds. The molecule has 1 aliphatic rings. The van der Waals surface area contributed by atoms with Crippen molar-refractivity contribution in [1.29, 1.82) is 0 Å². The molecule has 4 nitrogen and oxygen atoms in total. The van der Waals surface area contributed by atoms with Gasteiger partial charge >= 0.3 is 0 Å². The molecule has 20 heavy (non-hydrogen) atoms. The van der Waals surface area contributed by atoms with Crippen LogP contribution in [0.5, 0.6) is 5.75 Å². The average Bonchev–Trinajstić information content (AvgIpc) is 2.62. The molecule has 0 saturated carbocycles. The molecule has 2 atom stereocenters. The summed E-state index contributed by atoms with van der Waals surface area (Å²) in [6.45, 7) is 5.72. The Morgan fingerprint density at radius 1 is 1.45 bits per heavy atom. The van der Waals surface area contributed by atoms with Crippen LogP contribution in [0.25, 0.3) is 0 Å². The maximum Gasteiger partial charge on any atom is 0.254 e. The van der Waals surface area contributed by atoms with E-state index in [9.17, 15) is 9.00 Å². The van der Waals surface area contributed by atoms with Gasteiger partial charge in [0.1, 0.15) is 5.75 Å². The average molecular weight is 295 g/mol. The molecule has 0 aliphatic carbocycles. The maximum atomic E-state index is 12.5. The van der Waals surface area contributed by atoms with Crippen molar-refractivity contribution in [3.05, 3.63) is 29.8 Å². The van der Waals surface area contributed by atoms with Crippen molar-refractivity contribution in [1.82, 2.24) is 4.90 Å². The van der Waals surface area contributed by atoms with Gasteiger partial charge in [0, 0.05) is 40.5 Å². The standard InChI is InChI=1S/C15H21NO3S/c1-3-19-14-6-4-5-13(11-14)15(17)16-8-7-12(2)20(18)10-9-16/h4-6,11-12H,3,7-10H2,1-2H3/t12-,20-/m0/s1. The fourth-order valence-corrected chi connectivity index (χ4v) is 3.42. The van der Waals surface area contributed by atoms with E-state index in [-0.39, 0.29) is 11.2 Å². The van der Waals surface area contributed by atoms with Gasteiger partial charge in [-0.15, -0.1) is 0 Å². The number of amides is 1. The van der Waals surface area contributed by atoms with E-state index in [1.165, 1.54) is 0 Å². The lowest BCUT2D eigenvalue weighted by Crippen LogP contribution is -2.33. The van der Waals surface area contributed by atoms with E-state index in [1.807, 2.05) is 26.0 Å². The highest BCUT2D eigenvalue weighted by atomic mass is 32.2. The van der Waals surface area contributed by atoms with Crippen molar-refractivity contribution < 1.29 is 13.7 Å². The number of carbonyl (C=O) groups excluding carboxylic acids is 1. The van der Waals surface area contributed by atoms with Crippen LogP contribution < -0.4 is 4.74 Å². The number of carbonyl (C=O) groups is 1. The van der Waals surface area contributed by atoms with E-state index in [0.717, 1.165) is 6.42 Å². The van der Waals surface area contributed by atoms with Gasteiger partial charge in [-0.2, -0.15) is 0 Å². The third-order valence-electron chi connectivity index (χ3n) is 3.50. The molecule has 0 radical (unpaired) electrons. The number of hydrogen-bond donors (Lipinski definition) is 0. The van der Waals surface area contributed by atoms with Crippen molar-refractivity contribution >= 4 is 16.7 Å². The molecule has 1 aromatic carbocycles. The fraction of sp³-hybridized carbons (Fsp3) is 0.533. The van der Waals surface area contributed by atoms with Crippen LogP contribution in [0.15, 0.2) is 24.3 Å². The molecule has 5 heteroatoms. The Hall–Kier alpha value is -1.36. The van der Waals surface area contributed by atoms with Crippen LogP contribution in [0.4, 0.5) is 0 Å². The maximum absolute atomic E-state index is 12.5. The number of hydrogen-bond acceptors (Lipinski definition) is 3. The Balaban J connectivity index is 2.10. The second-order valence-corrected chi connectivity index (χ2v) is 6.91. The Bertz CT molecular complexity index is 504. The zero-order valence-corrected chi connectivity index (χ0v) is 12.8. The monoisotopic (exact) mass is 295 g/mol. The minimum Gasteiger partial charge on any atom is -0.494 e. The predicted molar refractivity (Wildman–Crippen MR) is 80.6 cm³/mol. The number of ether oxygens (including phenoxy) is 1. The minimum absolute atomic E-state index is 0.00217. The molecule has 1 aliphatic heterocycles. The second-order valence-electron chi connectivity index (χ2n) is 4.94. The highest BCUT2D eigenvalue weighted by Gasteiger charge is 2.23. The van der Waals surface area contributed by atoms with Gasteiger partial charge in [0.15, 0.2) is 0 Å². The molecule has 1 heterocycles. The van der Waals surface area contributed by atoms with E-state index in [2.05, 4.69) is 0 Å². The summed E-state index contributed by atoms with van der Waals surface area (Å²) in [7, 11) is -0.822. The van der Waals surface area contributed by atoms with Gasteiger partial charge in [0.25, 0.3) is 5.91 Å². The van der Waals surface area contributed by atoms with Crippen molar-refractivity contribution in [2.75, 3.05) is 25.4 Å². The van der Waals surface area contributed by atoms with E-state index in [0.29, 0.717) is 36.8 Å².